The van der Waals surface area contributed by atoms with Crippen LogP contribution < -0.4 is 10.5 Å². The Morgan fingerprint density at radius 1 is 0.209 bits per heavy atom. The molecule has 0 aliphatic carbocycles. The topological polar surface area (TPSA) is 46.1 Å². The largest absolute Gasteiger partial charge is 1.00 e. The van der Waals surface area contributed by atoms with E-state index in [4.69, 9.17) is 10.5 Å². The molecule has 0 amide bonds. The van der Waals surface area contributed by atoms with Gasteiger partial charge in [-0.25, -0.2) is 0 Å². The van der Waals surface area contributed by atoms with Crippen LogP contribution in [0.4, 0.5) is 0 Å². The van der Waals surface area contributed by atoms with Crippen molar-refractivity contribution in [1.82, 2.24) is 0 Å². The molecule has 0 aliphatic rings. The third-order valence-corrected chi connectivity index (χ3v) is 19.4. The Morgan fingerprint density at radius 3 is 0.488 bits per heavy atom. The summed E-state index contributed by atoms with van der Waals surface area (Å²) in [6, 6.07) is 10.6. The molecule has 0 fully saturated rings. The SMILES string of the molecule is CCCCCCCCCCCCCCCCCC[N+](CCCCCCCCCCCCCCCCCC)(CCCCCCCCCCCCCCCCCC)CCCCCCCCCCCCCCCCCC.C[N+](C)(C)Cc1ccccc1.[O-][O-]. The zero-order valence-corrected chi connectivity index (χ0v) is 60.9. The zero-order chi connectivity index (χ0) is 62.9. The lowest BCUT2D eigenvalue weighted by Gasteiger charge is -2.40. The average Bonchev–Trinajstić information content (AvgIpc) is 3.59. The second-order valence-electron chi connectivity index (χ2n) is 29.4. The fourth-order valence-electron chi connectivity index (χ4n) is 13.8. The molecule has 0 aromatic heterocycles. The summed E-state index contributed by atoms with van der Waals surface area (Å²) >= 11 is 0. The highest BCUT2D eigenvalue weighted by atomic mass is 17.0. The molecule has 0 atom stereocenters. The smallest absolute Gasteiger partial charge is 0.104 e. The first-order chi connectivity index (χ1) is 42.3. The lowest BCUT2D eigenvalue weighted by Crippen LogP contribution is -2.50. The molecule has 0 aliphatic heterocycles. The molecule has 4 heteroatoms. The van der Waals surface area contributed by atoms with Crippen LogP contribution in [0.2, 0.25) is 0 Å². The van der Waals surface area contributed by atoms with E-state index in [0.717, 1.165) is 11.0 Å². The lowest BCUT2D eigenvalue weighted by atomic mass is 10.0. The molecule has 0 heterocycles. The van der Waals surface area contributed by atoms with Gasteiger partial charge >= 0.3 is 0 Å². The number of unbranched alkanes of at least 4 members (excludes halogenated alkanes) is 60. The summed E-state index contributed by atoms with van der Waals surface area (Å²) in [7, 11) is 6.60. The summed E-state index contributed by atoms with van der Waals surface area (Å²) in [4.78, 5) is 0. The molecule has 514 valence electrons. The highest BCUT2D eigenvalue weighted by Gasteiger charge is 2.26. The highest BCUT2D eigenvalue weighted by molar-refractivity contribution is 5.13. The van der Waals surface area contributed by atoms with Gasteiger partial charge in [0.05, 0.1) is 47.3 Å². The fourth-order valence-corrected chi connectivity index (χ4v) is 13.8. The van der Waals surface area contributed by atoms with Gasteiger partial charge in [-0.05, 0) is 51.4 Å². The number of rotatable bonds is 70. The maximum Gasteiger partial charge on any atom is 0.104 e. The highest BCUT2D eigenvalue weighted by Crippen LogP contribution is 2.23. The van der Waals surface area contributed by atoms with E-state index in [2.05, 4.69) is 79.2 Å². The van der Waals surface area contributed by atoms with Crippen LogP contribution in [0.5, 0.6) is 0 Å². The Hall–Kier alpha value is -0.940. The minimum atomic E-state index is 0.990. The molecule has 0 N–H and O–H groups in total. The first-order valence-corrected chi connectivity index (χ1v) is 40.2. The van der Waals surface area contributed by atoms with E-state index in [1.165, 1.54) is 447 Å². The van der Waals surface area contributed by atoms with E-state index in [-0.39, 0.29) is 0 Å². The summed E-state index contributed by atoms with van der Waals surface area (Å²) < 4.78 is 2.48. The molecule has 0 saturated heterocycles. The first-order valence-electron chi connectivity index (χ1n) is 40.2. The van der Waals surface area contributed by atoms with Crippen LogP contribution in [0.15, 0.2) is 30.3 Å². The van der Waals surface area contributed by atoms with Crippen LogP contribution in [0.3, 0.4) is 0 Å². The molecule has 0 spiro atoms. The molecule has 1 rings (SSSR count). The van der Waals surface area contributed by atoms with Crippen molar-refractivity contribution in [2.45, 2.75) is 445 Å². The Morgan fingerprint density at radius 2 is 0.349 bits per heavy atom. The number of benzene rings is 1. The van der Waals surface area contributed by atoms with E-state index in [1.54, 1.807) is 0 Å². The summed E-state index contributed by atoms with van der Waals surface area (Å²) in [6.45, 7) is 16.4. The second-order valence-corrected chi connectivity index (χ2v) is 29.4. The molecule has 1 aromatic rings. The lowest BCUT2D eigenvalue weighted by molar-refractivity contribution is -1.00. The van der Waals surface area contributed by atoms with Crippen molar-refractivity contribution in [3.05, 3.63) is 35.9 Å². The number of quaternary nitrogens is 2. The number of nitrogens with zero attached hydrogens (tertiary/aromatic N) is 2. The molecule has 0 unspecified atom stereocenters. The van der Waals surface area contributed by atoms with Crippen molar-refractivity contribution in [3.8, 4) is 0 Å². The van der Waals surface area contributed by atoms with Gasteiger partial charge in [0.1, 0.15) is 6.54 Å². The van der Waals surface area contributed by atoms with Crippen molar-refractivity contribution in [1.29, 1.82) is 0 Å². The van der Waals surface area contributed by atoms with E-state index < -0.39 is 0 Å². The van der Waals surface area contributed by atoms with Crippen LogP contribution in [-0.2, 0) is 6.54 Å². The standard InChI is InChI=1S/C72H148N.C10H16N.O2/c1-5-9-13-17-21-25-29-33-37-41-45-49-53-57-61-65-69-73(70-66-62-58-54-50-46-42-38-34-30-26-22-18-14-10-6-2,71-67-63-59-55-51-47-43-39-35-31-27-23-19-15-11-7-3)72-68-64-60-56-52-48-44-40-36-32-28-24-20-16-12-8-4;1-11(2,3)9-10-7-5-4-6-8-10;1-2/h5-72H2,1-4H3;4-8H,9H2,1-3H3;/q2*+1;-2. The summed E-state index contributed by atoms with van der Waals surface area (Å²) in [5.41, 5.74) is 1.40. The predicted octanol–water partition coefficient (Wildman–Crippen LogP) is 26.4. The molecule has 0 radical (unpaired) electrons. The molecule has 4 nitrogen and oxygen atoms in total. The zero-order valence-electron chi connectivity index (χ0n) is 60.9. The maximum atomic E-state index is 7.00. The van der Waals surface area contributed by atoms with Crippen molar-refractivity contribution < 1.29 is 19.5 Å². The Kier molecular flexibility index (Phi) is 75.8. The van der Waals surface area contributed by atoms with Crippen LogP contribution in [0, 0.1) is 0 Å². The third kappa shape index (κ3) is 72.1. The van der Waals surface area contributed by atoms with Crippen molar-refractivity contribution in [3.63, 3.8) is 0 Å². The average molecular weight is 1210 g/mol. The molecule has 86 heavy (non-hydrogen) atoms. The van der Waals surface area contributed by atoms with E-state index in [9.17, 15) is 0 Å². The number of hydrogen-bond acceptors (Lipinski definition) is 2. The van der Waals surface area contributed by atoms with Crippen LogP contribution in [-0.4, -0.2) is 56.3 Å². The van der Waals surface area contributed by atoms with Gasteiger partial charge in [-0.3, -0.25) is 0 Å². The minimum absolute atomic E-state index is 0.990. The molecule has 1 aromatic carbocycles. The predicted molar refractivity (Wildman–Crippen MR) is 386 cm³/mol. The molecular formula is C82H164N2O2. The van der Waals surface area contributed by atoms with Gasteiger partial charge in [0.25, 0.3) is 0 Å². The van der Waals surface area contributed by atoms with Crippen LogP contribution >= 0.6 is 0 Å². The summed E-state index contributed by atoms with van der Waals surface area (Å²) in [5.74, 6) is 0. The Balaban J connectivity index is 0. The van der Waals surface area contributed by atoms with Crippen molar-refractivity contribution >= 4 is 0 Å². The van der Waals surface area contributed by atoms with E-state index >= 15 is 0 Å². The van der Waals surface area contributed by atoms with Gasteiger partial charge in [0, 0.05) is 5.56 Å². The summed E-state index contributed by atoms with van der Waals surface area (Å²) in [5, 5.41) is 14.0. The van der Waals surface area contributed by atoms with Gasteiger partial charge in [-0.15, -0.1) is 0 Å². The minimum Gasteiger partial charge on any atom is -1.00 e. The van der Waals surface area contributed by atoms with Gasteiger partial charge in [0.15, 0.2) is 0 Å². The van der Waals surface area contributed by atoms with Gasteiger partial charge < -0.3 is 19.5 Å². The van der Waals surface area contributed by atoms with Gasteiger partial charge in [-0.1, -0.05) is 418 Å². The maximum absolute atomic E-state index is 7.00. The summed E-state index contributed by atoms with van der Waals surface area (Å²) in [6.07, 6.45) is 94.7. The Labute approximate surface area is 545 Å². The van der Waals surface area contributed by atoms with Crippen molar-refractivity contribution in [2.75, 3.05) is 47.3 Å². The molecular weight excluding hydrogens is 1040 g/mol. The number of hydrogen-bond donors (Lipinski definition) is 0. The van der Waals surface area contributed by atoms with E-state index in [1.807, 2.05) is 0 Å². The monoisotopic (exact) mass is 1210 g/mol. The van der Waals surface area contributed by atoms with E-state index in [0.29, 0.717) is 0 Å². The van der Waals surface area contributed by atoms with Crippen molar-refractivity contribution in [2.24, 2.45) is 0 Å². The normalized spacial score (nSPS) is 11.7. The quantitative estimate of drug-likeness (QED) is 0.0282. The fraction of sp³-hybridized carbons (Fsp3) is 0.927. The first kappa shape index (κ1) is 87.1. The van der Waals surface area contributed by atoms with Crippen LogP contribution in [0.25, 0.3) is 0 Å². The van der Waals surface area contributed by atoms with Gasteiger partial charge in [-0.2, -0.15) is 0 Å². The third-order valence-electron chi connectivity index (χ3n) is 19.4. The molecule has 0 bridgehead atoms. The van der Waals surface area contributed by atoms with Gasteiger partial charge in [0.2, 0.25) is 0 Å². The van der Waals surface area contributed by atoms with Crippen LogP contribution in [0.1, 0.15) is 444 Å². The Bertz CT molecular complexity index is 1160. The second kappa shape index (κ2) is 74.8. The molecule has 0 saturated carbocycles.